The second-order valence-electron chi connectivity index (χ2n) is 7.61. The molecule has 2 N–H and O–H groups in total. The number of hydrogen-bond donors (Lipinski definition) is 2. The molecular weight excluding hydrogens is 332 g/mol. The van der Waals surface area contributed by atoms with Crippen LogP contribution in [0, 0.1) is 5.92 Å². The third kappa shape index (κ3) is 2.76. The van der Waals surface area contributed by atoms with E-state index >= 15 is 0 Å². The van der Waals surface area contributed by atoms with E-state index in [1.807, 2.05) is 6.07 Å². The molecule has 132 valence electrons. The molecule has 3 aliphatic rings. The number of thiazole rings is 1. The molecule has 2 aliphatic heterocycles. The summed E-state index contributed by atoms with van der Waals surface area (Å²) in [4.78, 5) is 20.0. The van der Waals surface area contributed by atoms with Crippen molar-refractivity contribution in [1.29, 1.82) is 0 Å². The van der Waals surface area contributed by atoms with Crippen molar-refractivity contribution >= 4 is 27.5 Å². The molecule has 2 aromatic rings. The van der Waals surface area contributed by atoms with Crippen molar-refractivity contribution in [1.82, 2.24) is 20.7 Å². The maximum atomic E-state index is 13.1. The molecule has 1 aromatic heterocycles. The first kappa shape index (κ1) is 15.7. The minimum absolute atomic E-state index is 0.0402. The van der Waals surface area contributed by atoms with Crippen LogP contribution in [-0.4, -0.2) is 41.0 Å². The van der Waals surface area contributed by atoms with E-state index in [0.717, 1.165) is 37.9 Å². The van der Waals surface area contributed by atoms with E-state index in [0.29, 0.717) is 17.9 Å². The maximum absolute atomic E-state index is 13.1. The third-order valence-corrected chi connectivity index (χ3v) is 7.28. The zero-order valence-electron chi connectivity index (χ0n) is 14.3. The van der Waals surface area contributed by atoms with Crippen LogP contribution in [0.25, 0.3) is 10.2 Å². The Kier molecular flexibility index (Phi) is 3.99. The summed E-state index contributed by atoms with van der Waals surface area (Å²) in [6.45, 7) is 1.70. The Morgan fingerprint density at radius 2 is 2.08 bits per heavy atom. The molecule has 3 heterocycles. The summed E-state index contributed by atoms with van der Waals surface area (Å²) in [5, 5.41) is 1.19. The van der Waals surface area contributed by atoms with Gasteiger partial charge >= 0.3 is 0 Å². The number of rotatable bonds is 2. The SMILES string of the molecule is O=C(C1NNC2CCCC21)N1CCCC(c2nc3ccccc3s2)C1. The number of aromatic nitrogens is 1. The van der Waals surface area contributed by atoms with E-state index in [4.69, 9.17) is 4.98 Å². The van der Waals surface area contributed by atoms with Gasteiger partial charge in [-0.15, -0.1) is 11.3 Å². The van der Waals surface area contributed by atoms with Crippen LogP contribution in [0.1, 0.15) is 43.0 Å². The number of hydrogen-bond acceptors (Lipinski definition) is 5. The average Bonchev–Trinajstić information content (AvgIpc) is 3.36. The van der Waals surface area contributed by atoms with Crippen LogP contribution in [0.15, 0.2) is 24.3 Å². The van der Waals surface area contributed by atoms with Gasteiger partial charge in [-0.3, -0.25) is 10.2 Å². The Morgan fingerprint density at radius 1 is 1.16 bits per heavy atom. The van der Waals surface area contributed by atoms with Gasteiger partial charge in [0.05, 0.1) is 15.2 Å². The molecule has 6 heteroatoms. The molecular formula is C19H24N4OS. The first-order valence-corrected chi connectivity index (χ1v) is 10.3. The monoisotopic (exact) mass is 356 g/mol. The van der Waals surface area contributed by atoms with Gasteiger partial charge in [0, 0.05) is 31.0 Å². The number of benzene rings is 1. The normalized spacial score (nSPS) is 32.2. The van der Waals surface area contributed by atoms with Gasteiger partial charge in [-0.05, 0) is 37.8 Å². The number of nitrogens with zero attached hydrogens (tertiary/aromatic N) is 2. The van der Waals surface area contributed by atoms with E-state index in [1.165, 1.54) is 22.5 Å². The zero-order chi connectivity index (χ0) is 16.8. The fourth-order valence-electron chi connectivity index (χ4n) is 4.76. The Balaban J connectivity index is 1.33. The maximum Gasteiger partial charge on any atom is 0.241 e. The molecule has 1 amide bonds. The van der Waals surface area contributed by atoms with Gasteiger partial charge in [0.2, 0.25) is 5.91 Å². The standard InChI is InChI=1S/C19H24N4OS/c24-19(17-13-6-3-8-14(13)21-22-17)23-10-4-5-12(11-23)18-20-15-7-1-2-9-16(15)25-18/h1-2,7,9,12-14,17,21-22H,3-6,8,10-11H2. The van der Waals surface area contributed by atoms with Gasteiger partial charge in [-0.1, -0.05) is 18.6 Å². The van der Waals surface area contributed by atoms with Crippen LogP contribution >= 0.6 is 11.3 Å². The van der Waals surface area contributed by atoms with E-state index < -0.39 is 0 Å². The Bertz CT molecular complexity index is 758. The summed E-state index contributed by atoms with van der Waals surface area (Å²) in [6, 6.07) is 8.77. The highest BCUT2D eigenvalue weighted by Crippen LogP contribution is 2.35. The molecule has 0 spiro atoms. The molecule has 4 atom stereocenters. The zero-order valence-corrected chi connectivity index (χ0v) is 15.1. The lowest BCUT2D eigenvalue weighted by atomic mass is 9.93. The van der Waals surface area contributed by atoms with Gasteiger partial charge in [-0.2, -0.15) is 0 Å². The summed E-state index contributed by atoms with van der Waals surface area (Å²) < 4.78 is 1.25. The lowest BCUT2D eigenvalue weighted by Crippen LogP contribution is -2.50. The van der Waals surface area contributed by atoms with E-state index in [2.05, 4.69) is 34.0 Å². The van der Waals surface area contributed by atoms with Crippen molar-refractivity contribution in [3.8, 4) is 0 Å². The van der Waals surface area contributed by atoms with Crippen LogP contribution < -0.4 is 10.9 Å². The fourth-order valence-corrected chi connectivity index (χ4v) is 5.85. The molecule has 5 nitrogen and oxygen atoms in total. The van der Waals surface area contributed by atoms with Gasteiger partial charge < -0.3 is 4.90 Å². The highest BCUT2D eigenvalue weighted by Gasteiger charge is 2.44. The molecule has 4 unspecified atom stereocenters. The summed E-state index contributed by atoms with van der Waals surface area (Å²) >= 11 is 1.79. The first-order valence-electron chi connectivity index (χ1n) is 9.45. The largest absolute Gasteiger partial charge is 0.341 e. The Hall–Kier alpha value is -1.50. The van der Waals surface area contributed by atoms with E-state index in [1.54, 1.807) is 11.3 Å². The smallest absolute Gasteiger partial charge is 0.241 e. The average molecular weight is 356 g/mol. The number of nitrogens with one attached hydrogen (secondary N) is 2. The molecule has 1 aliphatic carbocycles. The molecule has 5 rings (SSSR count). The number of likely N-dealkylation sites (tertiary alicyclic amines) is 1. The quantitative estimate of drug-likeness (QED) is 0.869. The topological polar surface area (TPSA) is 57.3 Å². The van der Waals surface area contributed by atoms with Crippen LogP contribution in [0.5, 0.6) is 0 Å². The Labute approximate surface area is 151 Å². The van der Waals surface area contributed by atoms with Crippen LogP contribution in [0.3, 0.4) is 0 Å². The Morgan fingerprint density at radius 3 is 3.00 bits per heavy atom. The molecule has 2 saturated heterocycles. The van der Waals surface area contributed by atoms with Crippen LogP contribution in [0.4, 0.5) is 0 Å². The minimum Gasteiger partial charge on any atom is -0.341 e. The second-order valence-corrected chi connectivity index (χ2v) is 8.67. The van der Waals surface area contributed by atoms with Gasteiger partial charge in [-0.25, -0.2) is 10.4 Å². The number of para-hydroxylation sites is 1. The van der Waals surface area contributed by atoms with Crippen molar-refractivity contribution in [2.45, 2.75) is 50.1 Å². The summed E-state index contributed by atoms with van der Waals surface area (Å²) in [7, 11) is 0. The predicted octanol–water partition coefficient (Wildman–Crippen LogP) is 2.65. The number of amides is 1. The number of piperidine rings is 1. The fraction of sp³-hybridized carbons (Fsp3) is 0.579. The number of fused-ring (bicyclic) bond motifs is 2. The van der Waals surface area contributed by atoms with E-state index in [-0.39, 0.29) is 11.9 Å². The highest BCUT2D eigenvalue weighted by atomic mass is 32.1. The van der Waals surface area contributed by atoms with Gasteiger partial charge in [0.1, 0.15) is 6.04 Å². The summed E-state index contributed by atoms with van der Waals surface area (Å²) in [6.07, 6.45) is 5.79. The van der Waals surface area contributed by atoms with Gasteiger partial charge in [0.25, 0.3) is 0 Å². The van der Waals surface area contributed by atoms with Crippen molar-refractivity contribution in [2.75, 3.05) is 13.1 Å². The second kappa shape index (κ2) is 6.34. The molecule has 25 heavy (non-hydrogen) atoms. The molecule has 0 radical (unpaired) electrons. The van der Waals surface area contributed by atoms with Gasteiger partial charge in [0.15, 0.2) is 0 Å². The van der Waals surface area contributed by atoms with Crippen molar-refractivity contribution in [3.63, 3.8) is 0 Å². The van der Waals surface area contributed by atoms with Crippen molar-refractivity contribution in [2.24, 2.45) is 5.92 Å². The predicted molar refractivity (Wildman–Crippen MR) is 99.4 cm³/mol. The summed E-state index contributed by atoms with van der Waals surface area (Å²) in [5.41, 5.74) is 7.70. The highest BCUT2D eigenvalue weighted by molar-refractivity contribution is 7.18. The van der Waals surface area contributed by atoms with Crippen molar-refractivity contribution in [3.05, 3.63) is 29.3 Å². The lowest BCUT2D eigenvalue weighted by molar-refractivity contribution is -0.135. The number of carbonyl (C=O) groups excluding carboxylic acids is 1. The van der Waals surface area contributed by atoms with E-state index in [9.17, 15) is 4.79 Å². The first-order chi connectivity index (χ1) is 12.3. The van der Waals surface area contributed by atoms with Crippen LogP contribution in [-0.2, 0) is 4.79 Å². The molecule has 1 saturated carbocycles. The van der Waals surface area contributed by atoms with Crippen molar-refractivity contribution < 1.29 is 4.79 Å². The summed E-state index contributed by atoms with van der Waals surface area (Å²) in [5.74, 6) is 1.13. The molecule has 0 bridgehead atoms. The lowest BCUT2D eigenvalue weighted by Gasteiger charge is -2.34. The minimum atomic E-state index is -0.0402. The number of carbonyl (C=O) groups is 1. The third-order valence-electron chi connectivity index (χ3n) is 6.08. The molecule has 1 aromatic carbocycles. The van der Waals surface area contributed by atoms with Crippen LogP contribution in [0.2, 0.25) is 0 Å². The number of hydrazine groups is 1. The molecule has 3 fully saturated rings.